The molecule has 21 heavy (non-hydrogen) atoms. The molecule has 1 fully saturated rings. The molecule has 0 bridgehead atoms. The average Bonchev–Trinajstić information content (AvgIpc) is 2.87. The van der Waals surface area contributed by atoms with Crippen molar-refractivity contribution in [2.24, 2.45) is 7.05 Å². The smallest absolute Gasteiger partial charge is 0.267 e. The molecule has 2 heterocycles. The van der Waals surface area contributed by atoms with Crippen LogP contribution in [0.3, 0.4) is 0 Å². The van der Waals surface area contributed by atoms with Crippen LogP contribution in [0.5, 0.6) is 0 Å². The number of carbonyl (C=O) groups excluding carboxylic acids is 2. The van der Waals surface area contributed by atoms with Crippen molar-refractivity contribution in [3.8, 4) is 0 Å². The van der Waals surface area contributed by atoms with E-state index >= 15 is 0 Å². The summed E-state index contributed by atoms with van der Waals surface area (Å²) in [5.41, 5.74) is 1.10. The number of aromatic nitrogens is 1. The topological polar surface area (TPSA) is 66.4 Å². The molecule has 1 amide bonds. The number of hydrogen-bond acceptors (Lipinski definition) is 4. The minimum absolute atomic E-state index is 0.0247. The summed E-state index contributed by atoms with van der Waals surface area (Å²) in [6.07, 6.45) is 2.63. The molecule has 6 heteroatoms. The summed E-state index contributed by atoms with van der Waals surface area (Å²) in [5, 5.41) is 6.24. The molecule has 6 nitrogen and oxygen atoms in total. The van der Waals surface area contributed by atoms with E-state index < -0.39 is 0 Å². The summed E-state index contributed by atoms with van der Waals surface area (Å²) in [4.78, 5) is 25.8. The second kappa shape index (κ2) is 7.38. The lowest BCUT2D eigenvalue weighted by Gasteiger charge is -2.27. The largest absolute Gasteiger partial charge is 0.351 e. The molecule has 1 saturated heterocycles. The Balaban J connectivity index is 1.75. The number of aryl methyl sites for hydroxylation is 1. The van der Waals surface area contributed by atoms with Crippen LogP contribution < -0.4 is 10.6 Å². The van der Waals surface area contributed by atoms with Crippen LogP contribution in [0.25, 0.3) is 0 Å². The van der Waals surface area contributed by atoms with E-state index in [9.17, 15) is 9.59 Å². The van der Waals surface area contributed by atoms with Gasteiger partial charge in [0.1, 0.15) is 5.69 Å². The lowest BCUT2D eigenvalue weighted by atomic mass is 10.2. The van der Waals surface area contributed by atoms with Crippen LogP contribution in [0.4, 0.5) is 0 Å². The van der Waals surface area contributed by atoms with Gasteiger partial charge >= 0.3 is 0 Å². The highest BCUT2D eigenvalue weighted by Crippen LogP contribution is 2.08. The second-order valence-electron chi connectivity index (χ2n) is 5.48. The molecule has 0 radical (unpaired) electrons. The first kappa shape index (κ1) is 15.7. The van der Waals surface area contributed by atoms with Crippen molar-refractivity contribution in [2.45, 2.75) is 13.3 Å². The summed E-state index contributed by atoms with van der Waals surface area (Å²) in [6.45, 7) is 7.41. The maximum Gasteiger partial charge on any atom is 0.267 e. The predicted molar refractivity (Wildman–Crippen MR) is 81.7 cm³/mol. The first-order chi connectivity index (χ1) is 10.1. The first-order valence-electron chi connectivity index (χ1n) is 7.46. The zero-order valence-corrected chi connectivity index (χ0v) is 12.8. The number of rotatable bonds is 6. The van der Waals surface area contributed by atoms with Gasteiger partial charge in [0.15, 0.2) is 5.78 Å². The van der Waals surface area contributed by atoms with Crippen LogP contribution in [-0.4, -0.2) is 60.4 Å². The number of hydrogen-bond donors (Lipinski definition) is 2. The molecule has 0 aliphatic carbocycles. The molecule has 2 N–H and O–H groups in total. The Morgan fingerprint density at radius 3 is 2.67 bits per heavy atom. The summed E-state index contributed by atoms with van der Waals surface area (Å²) in [7, 11) is 1.78. The van der Waals surface area contributed by atoms with Crippen LogP contribution in [0.2, 0.25) is 0 Å². The molecular weight excluding hydrogens is 268 g/mol. The number of nitrogens with zero attached hydrogens (tertiary/aromatic N) is 2. The van der Waals surface area contributed by atoms with E-state index in [1.165, 1.54) is 6.92 Å². The third kappa shape index (κ3) is 4.41. The van der Waals surface area contributed by atoms with Crippen LogP contribution in [0.1, 0.15) is 34.2 Å². The summed E-state index contributed by atoms with van der Waals surface area (Å²) < 4.78 is 1.70. The van der Waals surface area contributed by atoms with E-state index in [2.05, 4.69) is 15.5 Å². The Kier molecular flexibility index (Phi) is 5.52. The fourth-order valence-electron chi connectivity index (χ4n) is 2.51. The van der Waals surface area contributed by atoms with E-state index in [1.54, 1.807) is 23.9 Å². The Bertz CT molecular complexity index is 504. The molecule has 2 rings (SSSR count). The second-order valence-corrected chi connectivity index (χ2v) is 5.48. The van der Waals surface area contributed by atoms with E-state index in [4.69, 9.17) is 0 Å². The zero-order valence-electron chi connectivity index (χ0n) is 12.8. The van der Waals surface area contributed by atoms with E-state index in [-0.39, 0.29) is 11.7 Å². The van der Waals surface area contributed by atoms with Crippen LogP contribution in [0, 0.1) is 0 Å². The zero-order chi connectivity index (χ0) is 15.2. The van der Waals surface area contributed by atoms with Gasteiger partial charge in [-0.1, -0.05) is 0 Å². The van der Waals surface area contributed by atoms with E-state index in [0.717, 1.165) is 39.1 Å². The molecular formula is C15H24N4O2. The quantitative estimate of drug-likeness (QED) is 0.583. The van der Waals surface area contributed by atoms with Crippen molar-refractivity contribution in [2.75, 3.05) is 39.3 Å². The molecule has 1 aromatic rings. The van der Waals surface area contributed by atoms with Gasteiger partial charge in [-0.25, -0.2) is 0 Å². The summed E-state index contributed by atoms with van der Waals surface area (Å²) in [5.74, 6) is -0.145. The fourth-order valence-corrected chi connectivity index (χ4v) is 2.51. The van der Waals surface area contributed by atoms with Crippen molar-refractivity contribution < 1.29 is 9.59 Å². The van der Waals surface area contributed by atoms with E-state index in [0.29, 0.717) is 17.8 Å². The van der Waals surface area contributed by atoms with Crippen LogP contribution >= 0.6 is 0 Å². The maximum atomic E-state index is 12.1. The highest BCUT2D eigenvalue weighted by molar-refractivity contribution is 5.99. The highest BCUT2D eigenvalue weighted by Gasteiger charge is 2.13. The normalized spacial score (nSPS) is 15.9. The van der Waals surface area contributed by atoms with Crippen LogP contribution in [-0.2, 0) is 7.05 Å². The molecule has 116 valence electrons. The molecule has 0 spiro atoms. The first-order valence-corrected chi connectivity index (χ1v) is 7.46. The van der Waals surface area contributed by atoms with Crippen molar-refractivity contribution in [1.82, 2.24) is 20.1 Å². The Morgan fingerprint density at radius 2 is 2.05 bits per heavy atom. The standard InChI is InChI=1S/C15H24N4O2/c1-12(20)13-10-14(18(2)11-13)15(21)17-4-3-7-19-8-5-16-6-9-19/h10-11,16H,3-9H2,1-2H3,(H,17,21). The minimum atomic E-state index is -0.120. The SMILES string of the molecule is CC(=O)c1cc(C(=O)NCCCN2CCNCC2)n(C)c1. The fraction of sp³-hybridized carbons (Fsp3) is 0.600. The molecule has 1 aliphatic heterocycles. The van der Waals surface area contributed by atoms with Gasteiger partial charge in [0.25, 0.3) is 5.91 Å². The van der Waals surface area contributed by atoms with Gasteiger partial charge in [-0.05, 0) is 26.0 Å². The van der Waals surface area contributed by atoms with Gasteiger partial charge in [-0.15, -0.1) is 0 Å². The molecule has 1 aliphatic rings. The monoisotopic (exact) mass is 292 g/mol. The predicted octanol–water partition coefficient (Wildman–Crippen LogP) is 0.253. The molecule has 0 saturated carbocycles. The molecule has 0 unspecified atom stereocenters. The maximum absolute atomic E-state index is 12.1. The van der Waals surface area contributed by atoms with Crippen molar-refractivity contribution in [3.05, 3.63) is 23.5 Å². The number of carbonyl (C=O) groups is 2. The molecule has 0 aromatic carbocycles. The Labute approximate surface area is 125 Å². The Hall–Kier alpha value is -1.66. The van der Waals surface area contributed by atoms with Crippen molar-refractivity contribution >= 4 is 11.7 Å². The number of ketones is 1. The van der Waals surface area contributed by atoms with E-state index in [1.807, 2.05) is 0 Å². The van der Waals surface area contributed by atoms with Crippen molar-refractivity contribution in [1.29, 1.82) is 0 Å². The van der Waals surface area contributed by atoms with Gasteiger partial charge in [0.05, 0.1) is 0 Å². The number of piperazine rings is 1. The lowest BCUT2D eigenvalue weighted by molar-refractivity contribution is 0.0943. The number of nitrogens with one attached hydrogen (secondary N) is 2. The molecule has 1 aromatic heterocycles. The number of Topliss-reactive ketones (excluding diaryl/α,β-unsaturated/α-hetero) is 1. The highest BCUT2D eigenvalue weighted by atomic mass is 16.2. The number of amides is 1. The Morgan fingerprint density at radius 1 is 1.33 bits per heavy atom. The van der Waals surface area contributed by atoms with Gasteiger partial charge in [-0.3, -0.25) is 9.59 Å². The summed E-state index contributed by atoms with van der Waals surface area (Å²) >= 11 is 0. The molecule has 0 atom stereocenters. The van der Waals surface area contributed by atoms with Gasteiger partial charge in [0.2, 0.25) is 0 Å². The average molecular weight is 292 g/mol. The third-order valence-corrected chi connectivity index (χ3v) is 3.79. The van der Waals surface area contributed by atoms with Crippen molar-refractivity contribution in [3.63, 3.8) is 0 Å². The van der Waals surface area contributed by atoms with Gasteiger partial charge in [0, 0.05) is 51.5 Å². The summed E-state index contributed by atoms with van der Waals surface area (Å²) in [6, 6.07) is 1.65. The third-order valence-electron chi connectivity index (χ3n) is 3.79. The van der Waals surface area contributed by atoms with Gasteiger partial charge < -0.3 is 20.1 Å². The van der Waals surface area contributed by atoms with Crippen LogP contribution in [0.15, 0.2) is 12.3 Å². The minimum Gasteiger partial charge on any atom is -0.351 e. The van der Waals surface area contributed by atoms with Gasteiger partial charge in [-0.2, -0.15) is 0 Å². The lowest BCUT2D eigenvalue weighted by Crippen LogP contribution is -2.44.